The summed E-state index contributed by atoms with van der Waals surface area (Å²) < 4.78 is 12.5. The molecule has 3 heterocycles. The van der Waals surface area contributed by atoms with E-state index in [1.165, 1.54) is 7.11 Å². The van der Waals surface area contributed by atoms with Crippen LogP contribution in [0.2, 0.25) is 0 Å². The number of hydrogen-bond acceptors (Lipinski definition) is 5. The van der Waals surface area contributed by atoms with Crippen LogP contribution in [0.25, 0.3) is 5.69 Å². The number of benzene rings is 2. The van der Waals surface area contributed by atoms with Crippen LogP contribution in [-0.2, 0) is 4.74 Å². The van der Waals surface area contributed by atoms with Gasteiger partial charge in [-0.1, -0.05) is 12.1 Å². The molecule has 1 aliphatic heterocycles. The highest BCUT2D eigenvalue weighted by molar-refractivity contribution is 7.80. The van der Waals surface area contributed by atoms with Gasteiger partial charge in [0, 0.05) is 29.0 Å². The molecule has 0 bridgehead atoms. The van der Waals surface area contributed by atoms with Crippen molar-refractivity contribution < 1.29 is 14.3 Å². The van der Waals surface area contributed by atoms with Crippen LogP contribution in [-0.4, -0.2) is 34.9 Å². The molecule has 2 aromatic heterocycles. The van der Waals surface area contributed by atoms with Gasteiger partial charge in [-0.15, -0.1) is 0 Å². The summed E-state index contributed by atoms with van der Waals surface area (Å²) >= 11 is 5.87. The molecule has 2 atom stereocenters. The highest BCUT2D eigenvalue weighted by Gasteiger charge is 2.42. The van der Waals surface area contributed by atoms with Gasteiger partial charge in [0.05, 0.1) is 37.6 Å². The highest BCUT2D eigenvalue weighted by atomic mass is 32.1. The second-order valence-electron chi connectivity index (χ2n) is 8.90. The van der Waals surface area contributed by atoms with E-state index < -0.39 is 0 Å². The molecule has 1 aliphatic rings. The SMILES string of the molecule is COC(=O)c1cccc(-n2c(C)cc([C@@H]3[C@@H](c4ccccn4)NC(=S)N3c3ccc(OC)cc3)c2C)c1. The van der Waals surface area contributed by atoms with Crippen LogP contribution in [0.3, 0.4) is 0 Å². The first-order valence-electron chi connectivity index (χ1n) is 11.9. The predicted octanol–water partition coefficient (Wildman–Crippen LogP) is 5.46. The lowest BCUT2D eigenvalue weighted by Crippen LogP contribution is -2.29. The number of pyridine rings is 1. The number of aromatic nitrogens is 2. The molecule has 5 rings (SSSR count). The summed E-state index contributed by atoms with van der Waals surface area (Å²) in [4.78, 5) is 19.0. The van der Waals surface area contributed by atoms with Crippen molar-refractivity contribution in [1.82, 2.24) is 14.9 Å². The summed E-state index contributed by atoms with van der Waals surface area (Å²) in [6.45, 7) is 4.16. The third-order valence-corrected chi connectivity index (χ3v) is 7.08. The van der Waals surface area contributed by atoms with Gasteiger partial charge in [0.2, 0.25) is 0 Å². The van der Waals surface area contributed by atoms with Crippen molar-refractivity contribution in [2.75, 3.05) is 19.1 Å². The average molecular weight is 513 g/mol. The Morgan fingerprint density at radius 3 is 2.43 bits per heavy atom. The number of ether oxygens (including phenoxy) is 2. The Bertz CT molecular complexity index is 1450. The van der Waals surface area contributed by atoms with Crippen molar-refractivity contribution in [1.29, 1.82) is 0 Å². The smallest absolute Gasteiger partial charge is 0.337 e. The summed E-state index contributed by atoms with van der Waals surface area (Å²) in [5, 5.41) is 4.14. The van der Waals surface area contributed by atoms with Crippen molar-refractivity contribution in [3.63, 3.8) is 0 Å². The first-order valence-corrected chi connectivity index (χ1v) is 12.4. The largest absolute Gasteiger partial charge is 0.497 e. The van der Waals surface area contributed by atoms with Crippen LogP contribution in [0.15, 0.2) is 79.0 Å². The standard InChI is InChI=1S/C29H28N4O3S/c1-18-16-24(19(2)32(18)22-9-7-8-20(17-22)28(34)36-4)27-26(25-10-5-6-15-30-25)31-29(37)33(27)21-11-13-23(35-3)14-12-21/h5-17,26-27H,1-4H3,(H,31,37)/t26-,27-/m1/s1. The fraction of sp³-hybridized carbons (Fsp3) is 0.207. The molecule has 2 aromatic carbocycles. The van der Waals surface area contributed by atoms with Gasteiger partial charge in [0.1, 0.15) is 5.75 Å². The maximum atomic E-state index is 12.2. The van der Waals surface area contributed by atoms with Gasteiger partial charge in [0.15, 0.2) is 5.11 Å². The van der Waals surface area contributed by atoms with Crippen LogP contribution in [0.4, 0.5) is 5.69 Å². The van der Waals surface area contributed by atoms with Gasteiger partial charge in [-0.3, -0.25) is 4.98 Å². The van der Waals surface area contributed by atoms with Crippen LogP contribution in [0, 0.1) is 13.8 Å². The van der Waals surface area contributed by atoms with Crippen molar-refractivity contribution in [2.45, 2.75) is 25.9 Å². The van der Waals surface area contributed by atoms with Gasteiger partial charge in [0.25, 0.3) is 0 Å². The summed E-state index contributed by atoms with van der Waals surface area (Å²) in [5.74, 6) is 0.416. The van der Waals surface area contributed by atoms with Gasteiger partial charge < -0.3 is 24.3 Å². The zero-order valence-corrected chi connectivity index (χ0v) is 22.0. The zero-order valence-electron chi connectivity index (χ0n) is 21.1. The summed E-state index contributed by atoms with van der Waals surface area (Å²) in [5.41, 5.74) is 6.46. The third kappa shape index (κ3) is 4.44. The minimum Gasteiger partial charge on any atom is -0.497 e. The number of hydrogen-bond donors (Lipinski definition) is 1. The number of carbonyl (C=O) groups excluding carboxylic acids is 1. The lowest BCUT2D eigenvalue weighted by Gasteiger charge is -2.28. The average Bonchev–Trinajstić information content (AvgIpc) is 3.43. The highest BCUT2D eigenvalue weighted by Crippen LogP contribution is 2.44. The van der Waals surface area contributed by atoms with Crippen LogP contribution < -0.4 is 15.0 Å². The topological polar surface area (TPSA) is 68.6 Å². The number of anilines is 1. The fourth-order valence-corrected chi connectivity index (χ4v) is 5.41. The number of methoxy groups -OCH3 is 2. The molecule has 4 aromatic rings. The van der Waals surface area contributed by atoms with Crippen molar-refractivity contribution >= 4 is 29.0 Å². The van der Waals surface area contributed by atoms with Crippen molar-refractivity contribution in [3.05, 3.63) is 107 Å². The normalized spacial score (nSPS) is 17.0. The Balaban J connectivity index is 1.65. The molecular weight excluding hydrogens is 484 g/mol. The van der Waals surface area contributed by atoms with E-state index >= 15 is 0 Å². The Hall–Kier alpha value is -4.17. The molecule has 0 saturated carbocycles. The molecule has 0 radical (unpaired) electrons. The fourth-order valence-electron chi connectivity index (χ4n) is 5.07. The second-order valence-corrected chi connectivity index (χ2v) is 9.29. The molecule has 37 heavy (non-hydrogen) atoms. The number of rotatable bonds is 6. The van der Waals surface area contributed by atoms with Crippen LogP contribution in [0.1, 0.15) is 45.1 Å². The molecule has 7 nitrogen and oxygen atoms in total. The third-order valence-electron chi connectivity index (χ3n) is 6.76. The van der Waals surface area contributed by atoms with Crippen LogP contribution >= 0.6 is 12.2 Å². The molecular formula is C29H28N4O3S. The molecule has 188 valence electrons. The molecule has 1 N–H and O–H groups in total. The van der Waals surface area contributed by atoms with Gasteiger partial charge in [-0.25, -0.2) is 4.79 Å². The maximum Gasteiger partial charge on any atom is 0.337 e. The van der Waals surface area contributed by atoms with E-state index in [9.17, 15) is 4.79 Å². The summed E-state index contributed by atoms with van der Waals surface area (Å²) in [6.07, 6.45) is 1.80. The Morgan fingerprint density at radius 1 is 0.973 bits per heavy atom. The van der Waals surface area contributed by atoms with E-state index in [1.54, 1.807) is 19.4 Å². The molecule has 0 spiro atoms. The zero-order chi connectivity index (χ0) is 26.1. The van der Waals surface area contributed by atoms with E-state index in [-0.39, 0.29) is 18.1 Å². The Labute approximate surface area is 221 Å². The lowest BCUT2D eigenvalue weighted by atomic mass is 9.96. The number of nitrogens with one attached hydrogen (secondary N) is 1. The minimum absolute atomic E-state index is 0.153. The van der Waals surface area contributed by atoms with E-state index in [2.05, 4.69) is 39.7 Å². The predicted molar refractivity (Wildman–Crippen MR) is 148 cm³/mol. The monoisotopic (exact) mass is 512 g/mol. The Morgan fingerprint density at radius 2 is 1.76 bits per heavy atom. The summed E-state index contributed by atoms with van der Waals surface area (Å²) in [7, 11) is 3.04. The maximum absolute atomic E-state index is 12.2. The minimum atomic E-state index is -0.365. The number of esters is 1. The van der Waals surface area contributed by atoms with Gasteiger partial charge >= 0.3 is 5.97 Å². The van der Waals surface area contributed by atoms with E-state index in [0.29, 0.717) is 10.7 Å². The number of carbonyl (C=O) groups is 1. The van der Waals surface area contributed by atoms with Crippen molar-refractivity contribution in [3.8, 4) is 11.4 Å². The van der Waals surface area contributed by atoms with Gasteiger partial charge in [-0.05, 0) is 92.3 Å². The van der Waals surface area contributed by atoms with Gasteiger partial charge in [-0.2, -0.15) is 0 Å². The molecule has 1 saturated heterocycles. The quantitative estimate of drug-likeness (QED) is 0.272. The number of thiocarbonyl (C=S) groups is 1. The molecule has 8 heteroatoms. The summed E-state index contributed by atoms with van der Waals surface area (Å²) in [6, 6.07) is 23.2. The van der Waals surface area contributed by atoms with E-state index in [4.69, 9.17) is 21.7 Å². The number of nitrogens with zero attached hydrogens (tertiary/aromatic N) is 3. The molecule has 1 fully saturated rings. The van der Waals surface area contributed by atoms with E-state index in [1.807, 2.05) is 60.7 Å². The molecule has 0 amide bonds. The molecule has 0 unspecified atom stereocenters. The second kappa shape index (κ2) is 10.1. The first kappa shape index (κ1) is 24.5. The first-order chi connectivity index (χ1) is 17.9. The number of aryl methyl sites for hydroxylation is 1. The van der Waals surface area contributed by atoms with E-state index in [0.717, 1.165) is 39.8 Å². The van der Waals surface area contributed by atoms with Crippen LogP contribution in [0.5, 0.6) is 5.75 Å². The van der Waals surface area contributed by atoms with Crippen molar-refractivity contribution in [2.24, 2.45) is 0 Å². The molecule has 0 aliphatic carbocycles. The Kier molecular flexibility index (Phi) is 6.67. The lowest BCUT2D eigenvalue weighted by molar-refractivity contribution is 0.0600.